The fourth-order valence-electron chi connectivity index (χ4n) is 2.28. The van der Waals surface area contributed by atoms with Gasteiger partial charge in [-0.05, 0) is 30.7 Å². The largest absolute Gasteiger partial charge is 0.385 e. The molecule has 3 nitrogen and oxygen atoms in total. The van der Waals surface area contributed by atoms with Crippen LogP contribution in [0.15, 0.2) is 54.9 Å². The Kier molecular flexibility index (Phi) is 3.59. The van der Waals surface area contributed by atoms with E-state index < -0.39 is 0 Å². The summed E-state index contributed by atoms with van der Waals surface area (Å²) in [6.07, 6.45) is 4.77. The highest BCUT2D eigenvalue weighted by Crippen LogP contribution is 2.27. The number of benzene rings is 1. The zero-order chi connectivity index (χ0) is 13.8. The number of nitrogens with zero attached hydrogens (tertiary/aromatic N) is 2. The molecule has 0 unspecified atom stereocenters. The molecule has 0 atom stereocenters. The smallest absolute Gasteiger partial charge is 0.0729 e. The van der Waals surface area contributed by atoms with Crippen molar-refractivity contribution in [3.63, 3.8) is 0 Å². The van der Waals surface area contributed by atoms with Gasteiger partial charge in [0.25, 0.3) is 0 Å². The van der Waals surface area contributed by atoms with E-state index in [1.54, 1.807) is 0 Å². The lowest BCUT2D eigenvalue weighted by molar-refractivity contribution is 0.979. The molecule has 2 heterocycles. The molecule has 0 saturated heterocycles. The number of aromatic nitrogens is 2. The van der Waals surface area contributed by atoms with Gasteiger partial charge in [-0.25, -0.2) is 0 Å². The third-order valence-corrected chi connectivity index (χ3v) is 3.26. The summed E-state index contributed by atoms with van der Waals surface area (Å²) in [5, 5.41) is 4.53. The van der Waals surface area contributed by atoms with Crippen molar-refractivity contribution in [3.05, 3.63) is 54.9 Å². The van der Waals surface area contributed by atoms with Crippen LogP contribution in [0.1, 0.15) is 13.3 Å². The molecule has 0 amide bonds. The molecule has 0 aliphatic carbocycles. The lowest BCUT2D eigenvalue weighted by atomic mass is 10.0. The van der Waals surface area contributed by atoms with Crippen molar-refractivity contribution in [2.24, 2.45) is 0 Å². The predicted molar refractivity (Wildman–Crippen MR) is 83.8 cm³/mol. The lowest BCUT2D eigenvalue weighted by Crippen LogP contribution is -2.00. The second kappa shape index (κ2) is 5.70. The molecule has 1 aromatic carbocycles. The highest BCUT2D eigenvalue weighted by molar-refractivity contribution is 5.93. The van der Waals surface area contributed by atoms with E-state index >= 15 is 0 Å². The standard InChI is InChI=1S/C17H17N3/c1-2-9-18-13-8-11-20-17(12-13)15-5-3-7-16-14(15)6-4-10-19-16/h3-8,10-12H,2,9H2,1H3,(H,18,20). The Balaban J connectivity index is 2.06. The monoisotopic (exact) mass is 263 g/mol. The van der Waals surface area contributed by atoms with E-state index in [9.17, 15) is 0 Å². The molecule has 0 radical (unpaired) electrons. The molecule has 100 valence electrons. The number of hydrogen-bond donors (Lipinski definition) is 1. The number of fused-ring (bicyclic) bond motifs is 1. The first-order valence-corrected chi connectivity index (χ1v) is 6.92. The van der Waals surface area contributed by atoms with Gasteiger partial charge in [0, 0.05) is 35.6 Å². The molecule has 1 N–H and O–H groups in total. The first kappa shape index (κ1) is 12.6. The molecular formula is C17H17N3. The average molecular weight is 263 g/mol. The first-order chi connectivity index (χ1) is 9.88. The summed E-state index contributed by atoms with van der Waals surface area (Å²) in [7, 11) is 0. The zero-order valence-electron chi connectivity index (χ0n) is 11.5. The van der Waals surface area contributed by atoms with Gasteiger partial charge in [-0.3, -0.25) is 9.97 Å². The summed E-state index contributed by atoms with van der Waals surface area (Å²) in [6.45, 7) is 3.13. The van der Waals surface area contributed by atoms with Crippen LogP contribution < -0.4 is 5.32 Å². The van der Waals surface area contributed by atoms with Gasteiger partial charge in [-0.1, -0.05) is 25.1 Å². The fraction of sp³-hybridized carbons (Fsp3) is 0.176. The normalized spacial score (nSPS) is 10.7. The van der Waals surface area contributed by atoms with Gasteiger partial charge in [0.2, 0.25) is 0 Å². The SMILES string of the molecule is CCCNc1ccnc(-c2cccc3ncccc23)c1. The predicted octanol–water partition coefficient (Wildman–Crippen LogP) is 4.12. The number of hydrogen-bond acceptors (Lipinski definition) is 3. The van der Waals surface area contributed by atoms with Crippen molar-refractivity contribution in [3.8, 4) is 11.3 Å². The van der Waals surface area contributed by atoms with E-state index in [1.165, 1.54) is 0 Å². The minimum atomic E-state index is 0.973. The van der Waals surface area contributed by atoms with Crippen LogP contribution in [0, 0.1) is 0 Å². The Hall–Kier alpha value is -2.42. The Labute approximate surface area is 118 Å². The molecule has 0 bridgehead atoms. The lowest BCUT2D eigenvalue weighted by Gasteiger charge is -2.08. The molecule has 3 aromatic rings. The summed E-state index contributed by atoms with van der Waals surface area (Å²) in [5.74, 6) is 0. The summed E-state index contributed by atoms with van der Waals surface area (Å²) < 4.78 is 0. The zero-order valence-corrected chi connectivity index (χ0v) is 11.5. The Morgan fingerprint density at radius 1 is 1.00 bits per heavy atom. The summed E-state index contributed by atoms with van der Waals surface area (Å²) >= 11 is 0. The van der Waals surface area contributed by atoms with Crippen LogP contribution in [0.5, 0.6) is 0 Å². The summed E-state index contributed by atoms with van der Waals surface area (Å²) in [4.78, 5) is 8.90. The average Bonchev–Trinajstić information content (AvgIpc) is 2.52. The molecule has 20 heavy (non-hydrogen) atoms. The van der Waals surface area contributed by atoms with Crippen molar-refractivity contribution in [2.45, 2.75) is 13.3 Å². The van der Waals surface area contributed by atoms with Crippen molar-refractivity contribution in [2.75, 3.05) is 11.9 Å². The van der Waals surface area contributed by atoms with Gasteiger partial charge in [0.15, 0.2) is 0 Å². The van der Waals surface area contributed by atoms with E-state index in [4.69, 9.17) is 0 Å². The second-order valence-electron chi connectivity index (χ2n) is 4.73. The molecule has 0 aliphatic heterocycles. The third-order valence-electron chi connectivity index (χ3n) is 3.26. The maximum absolute atomic E-state index is 4.50. The van der Waals surface area contributed by atoms with Crippen molar-refractivity contribution in [1.29, 1.82) is 0 Å². The number of pyridine rings is 2. The number of anilines is 1. The maximum atomic E-state index is 4.50. The van der Waals surface area contributed by atoms with E-state index in [1.807, 2.05) is 36.7 Å². The van der Waals surface area contributed by atoms with Gasteiger partial charge in [0.1, 0.15) is 0 Å². The van der Waals surface area contributed by atoms with Crippen molar-refractivity contribution in [1.82, 2.24) is 9.97 Å². The Morgan fingerprint density at radius 2 is 1.95 bits per heavy atom. The summed E-state index contributed by atoms with van der Waals surface area (Å²) in [5.41, 5.74) is 4.21. The molecule has 0 spiro atoms. The van der Waals surface area contributed by atoms with Crippen LogP contribution >= 0.6 is 0 Å². The number of rotatable bonds is 4. The second-order valence-corrected chi connectivity index (χ2v) is 4.73. The van der Waals surface area contributed by atoms with E-state index in [2.05, 4.69) is 40.4 Å². The molecular weight excluding hydrogens is 246 g/mol. The first-order valence-electron chi connectivity index (χ1n) is 6.92. The quantitative estimate of drug-likeness (QED) is 0.769. The maximum Gasteiger partial charge on any atom is 0.0729 e. The molecule has 3 rings (SSSR count). The van der Waals surface area contributed by atoms with Gasteiger partial charge in [0.05, 0.1) is 11.2 Å². The fourth-order valence-corrected chi connectivity index (χ4v) is 2.28. The molecule has 0 aliphatic rings. The highest BCUT2D eigenvalue weighted by atomic mass is 14.9. The van der Waals surface area contributed by atoms with Crippen LogP contribution in [0.25, 0.3) is 22.2 Å². The minimum Gasteiger partial charge on any atom is -0.385 e. The van der Waals surface area contributed by atoms with Gasteiger partial charge in [-0.15, -0.1) is 0 Å². The van der Waals surface area contributed by atoms with E-state index in [-0.39, 0.29) is 0 Å². The van der Waals surface area contributed by atoms with Gasteiger partial charge < -0.3 is 5.32 Å². The van der Waals surface area contributed by atoms with Crippen LogP contribution in [0.3, 0.4) is 0 Å². The summed E-state index contributed by atoms with van der Waals surface area (Å²) in [6, 6.07) is 14.3. The van der Waals surface area contributed by atoms with Crippen molar-refractivity contribution < 1.29 is 0 Å². The Morgan fingerprint density at radius 3 is 2.85 bits per heavy atom. The topological polar surface area (TPSA) is 37.8 Å². The van der Waals surface area contributed by atoms with Gasteiger partial charge >= 0.3 is 0 Å². The third kappa shape index (κ3) is 2.48. The molecule has 2 aromatic heterocycles. The minimum absolute atomic E-state index is 0.973. The highest BCUT2D eigenvalue weighted by Gasteiger charge is 2.05. The molecule has 0 saturated carbocycles. The van der Waals surface area contributed by atoms with E-state index in [0.717, 1.165) is 40.8 Å². The van der Waals surface area contributed by atoms with Crippen LogP contribution in [0.2, 0.25) is 0 Å². The van der Waals surface area contributed by atoms with Crippen LogP contribution in [-0.4, -0.2) is 16.5 Å². The van der Waals surface area contributed by atoms with Crippen molar-refractivity contribution >= 4 is 16.6 Å². The van der Waals surface area contributed by atoms with Crippen LogP contribution in [0.4, 0.5) is 5.69 Å². The molecule has 3 heteroatoms. The number of nitrogens with one attached hydrogen (secondary N) is 1. The van der Waals surface area contributed by atoms with Crippen LogP contribution in [-0.2, 0) is 0 Å². The van der Waals surface area contributed by atoms with E-state index in [0.29, 0.717) is 0 Å². The molecule has 0 fully saturated rings. The Bertz CT molecular complexity index is 717. The van der Waals surface area contributed by atoms with Gasteiger partial charge in [-0.2, -0.15) is 0 Å².